The third kappa shape index (κ3) is 6.81. The average Bonchev–Trinajstić information content (AvgIpc) is 3.61. The Morgan fingerprint density at radius 1 is 1.10 bits per heavy atom. The Labute approximate surface area is 235 Å². The van der Waals surface area contributed by atoms with Crippen molar-refractivity contribution in [1.29, 1.82) is 0 Å². The molecular weight excluding hydrogens is 532 g/mol. The van der Waals surface area contributed by atoms with Gasteiger partial charge in [0.1, 0.15) is 23.9 Å². The van der Waals surface area contributed by atoms with Crippen LogP contribution >= 0.6 is 0 Å². The van der Waals surface area contributed by atoms with Crippen molar-refractivity contribution in [3.63, 3.8) is 0 Å². The smallest absolute Gasteiger partial charge is 0.422 e. The second-order valence-corrected chi connectivity index (χ2v) is 10.3. The Balaban J connectivity index is 1.24. The van der Waals surface area contributed by atoms with Crippen LogP contribution < -0.4 is 34.9 Å². The van der Waals surface area contributed by atoms with Gasteiger partial charge in [-0.25, -0.2) is 24.9 Å². The van der Waals surface area contributed by atoms with Gasteiger partial charge in [-0.15, -0.1) is 0 Å². The number of imide groups is 1. The number of amides is 3. The lowest BCUT2D eigenvalue weighted by atomic mass is 9.94. The first-order chi connectivity index (χ1) is 19.7. The van der Waals surface area contributed by atoms with Gasteiger partial charge >= 0.3 is 12.1 Å². The van der Waals surface area contributed by atoms with Gasteiger partial charge in [-0.1, -0.05) is 26.8 Å². The lowest BCUT2D eigenvalue weighted by Gasteiger charge is -2.16. The number of hydrogen-bond donors (Lipinski definition) is 3. The molecule has 3 amide bonds. The number of fused-ring (bicyclic) bond motifs is 1. The van der Waals surface area contributed by atoms with E-state index in [1.165, 1.54) is 12.4 Å². The van der Waals surface area contributed by atoms with E-state index in [1.807, 2.05) is 20.8 Å². The van der Waals surface area contributed by atoms with Crippen LogP contribution in [0.5, 0.6) is 29.0 Å². The topological polar surface area (TPSA) is 159 Å². The summed E-state index contributed by atoms with van der Waals surface area (Å²) in [6, 6.07) is 10.8. The number of methoxy groups -OCH3 is 1. The van der Waals surface area contributed by atoms with Crippen LogP contribution in [0.1, 0.15) is 33.0 Å². The van der Waals surface area contributed by atoms with E-state index >= 15 is 0 Å². The SMILES string of the molecule is COc1cc2c(Oc3cccc(NC(=O)NC(=O)Oc4cc(C(C)(C)C)on4)c3)ncnc2cc1O[C@@H]1CCNC1. The second kappa shape index (κ2) is 11.7. The summed E-state index contributed by atoms with van der Waals surface area (Å²) in [5, 5.41) is 12.2. The lowest BCUT2D eigenvalue weighted by molar-refractivity contribution is 0.194. The number of hydrogen-bond acceptors (Lipinski definition) is 11. The molecule has 3 heterocycles. The van der Waals surface area contributed by atoms with Crippen molar-refractivity contribution in [2.24, 2.45) is 0 Å². The first-order valence-electron chi connectivity index (χ1n) is 12.9. The highest BCUT2D eigenvalue weighted by Gasteiger charge is 2.22. The van der Waals surface area contributed by atoms with Gasteiger partial charge in [0.15, 0.2) is 11.5 Å². The van der Waals surface area contributed by atoms with Crippen LogP contribution in [0.2, 0.25) is 0 Å². The van der Waals surface area contributed by atoms with Gasteiger partial charge < -0.3 is 34.1 Å². The quantitative estimate of drug-likeness (QED) is 0.285. The Morgan fingerprint density at radius 3 is 2.68 bits per heavy atom. The molecule has 2 aromatic heterocycles. The molecule has 1 atom stereocenters. The van der Waals surface area contributed by atoms with E-state index in [0.717, 1.165) is 19.5 Å². The Kier molecular flexibility index (Phi) is 7.88. The van der Waals surface area contributed by atoms with E-state index in [1.54, 1.807) is 43.5 Å². The maximum atomic E-state index is 12.4. The van der Waals surface area contributed by atoms with E-state index in [2.05, 4.69) is 31.1 Å². The number of urea groups is 1. The fourth-order valence-corrected chi connectivity index (χ4v) is 4.07. The summed E-state index contributed by atoms with van der Waals surface area (Å²) >= 11 is 0. The van der Waals surface area contributed by atoms with Gasteiger partial charge in [0.25, 0.3) is 5.88 Å². The minimum Gasteiger partial charge on any atom is -0.493 e. The fraction of sp³-hybridized carbons (Fsp3) is 0.321. The zero-order valence-corrected chi connectivity index (χ0v) is 23.0. The lowest BCUT2D eigenvalue weighted by Crippen LogP contribution is -2.36. The normalized spacial score (nSPS) is 14.9. The summed E-state index contributed by atoms with van der Waals surface area (Å²) in [5.74, 6) is 2.27. The molecule has 1 fully saturated rings. The molecule has 0 bridgehead atoms. The summed E-state index contributed by atoms with van der Waals surface area (Å²) < 4.78 is 27.9. The average molecular weight is 563 g/mol. The third-order valence-corrected chi connectivity index (χ3v) is 6.14. The van der Waals surface area contributed by atoms with Crippen LogP contribution in [0.25, 0.3) is 10.9 Å². The van der Waals surface area contributed by atoms with E-state index in [4.69, 9.17) is 23.5 Å². The molecule has 0 spiro atoms. The zero-order valence-electron chi connectivity index (χ0n) is 23.0. The summed E-state index contributed by atoms with van der Waals surface area (Å²) in [6.45, 7) is 7.44. The van der Waals surface area contributed by atoms with Crippen molar-refractivity contribution in [1.82, 2.24) is 25.8 Å². The molecule has 214 valence electrons. The van der Waals surface area contributed by atoms with Crippen molar-refractivity contribution < 1.29 is 33.1 Å². The van der Waals surface area contributed by atoms with Crippen LogP contribution in [0.4, 0.5) is 15.3 Å². The van der Waals surface area contributed by atoms with Gasteiger partial charge in [-0.2, -0.15) is 0 Å². The maximum Gasteiger partial charge on any atom is 0.422 e. The van der Waals surface area contributed by atoms with Crippen LogP contribution in [-0.2, 0) is 5.41 Å². The summed E-state index contributed by atoms with van der Waals surface area (Å²) in [4.78, 5) is 33.2. The van der Waals surface area contributed by atoms with Crippen molar-refractivity contribution in [3.05, 3.63) is 54.6 Å². The number of aromatic nitrogens is 3. The predicted molar refractivity (Wildman–Crippen MR) is 148 cm³/mol. The van der Waals surface area contributed by atoms with Gasteiger partial charge in [-0.05, 0) is 36.3 Å². The Morgan fingerprint density at radius 2 is 1.95 bits per heavy atom. The fourth-order valence-electron chi connectivity index (χ4n) is 4.07. The molecule has 4 aromatic rings. The molecule has 5 rings (SSSR count). The molecular formula is C28H30N6O7. The molecule has 0 radical (unpaired) electrons. The molecule has 13 nitrogen and oxygen atoms in total. The van der Waals surface area contributed by atoms with Crippen molar-refractivity contribution in [2.75, 3.05) is 25.5 Å². The Bertz CT molecular complexity index is 1560. The van der Waals surface area contributed by atoms with Crippen LogP contribution in [0.15, 0.2) is 53.3 Å². The highest BCUT2D eigenvalue weighted by Crippen LogP contribution is 2.37. The minimum absolute atomic E-state index is 0.0526. The molecule has 13 heteroatoms. The Hall–Kier alpha value is -4.91. The van der Waals surface area contributed by atoms with E-state index in [-0.39, 0.29) is 23.3 Å². The van der Waals surface area contributed by atoms with Gasteiger partial charge in [0.2, 0.25) is 5.88 Å². The molecule has 1 saturated heterocycles. The van der Waals surface area contributed by atoms with Gasteiger partial charge in [-0.3, -0.25) is 0 Å². The van der Waals surface area contributed by atoms with Gasteiger partial charge in [0, 0.05) is 35.8 Å². The zero-order chi connectivity index (χ0) is 29.0. The standard InChI is InChI=1S/C28H30N6O7/c1-28(2,3)23-13-24(34-41-23)40-27(36)33-26(35)32-16-6-5-7-17(10-16)39-25-19-11-21(37-4)22(12-20(19)30-15-31-25)38-18-8-9-29-14-18/h5-7,10-13,15,18,29H,8-9,14H2,1-4H3,(H2,32,33,35,36)/t18-/m1/s1. The third-order valence-electron chi connectivity index (χ3n) is 6.14. The number of carbonyl (C=O) groups is 2. The highest BCUT2D eigenvalue weighted by molar-refractivity contribution is 5.99. The largest absolute Gasteiger partial charge is 0.493 e. The van der Waals surface area contributed by atoms with Crippen LogP contribution in [0, 0.1) is 0 Å². The summed E-state index contributed by atoms with van der Waals surface area (Å²) in [5.41, 5.74) is 0.663. The first kappa shape index (κ1) is 27.6. The van der Waals surface area contributed by atoms with E-state index < -0.39 is 12.1 Å². The van der Waals surface area contributed by atoms with Crippen LogP contribution in [-0.4, -0.2) is 53.6 Å². The maximum absolute atomic E-state index is 12.4. The van der Waals surface area contributed by atoms with Crippen molar-refractivity contribution in [3.8, 4) is 29.0 Å². The van der Waals surface area contributed by atoms with Crippen molar-refractivity contribution in [2.45, 2.75) is 38.7 Å². The molecule has 3 N–H and O–H groups in total. The minimum atomic E-state index is -1.02. The number of anilines is 1. The van der Waals surface area contributed by atoms with E-state index in [9.17, 15) is 9.59 Å². The molecule has 1 aliphatic heterocycles. The van der Waals surface area contributed by atoms with E-state index in [0.29, 0.717) is 39.6 Å². The van der Waals surface area contributed by atoms with Crippen molar-refractivity contribution >= 4 is 28.7 Å². The predicted octanol–water partition coefficient (Wildman–Crippen LogP) is 4.78. The number of nitrogens with zero attached hydrogens (tertiary/aromatic N) is 3. The number of carbonyl (C=O) groups excluding carboxylic acids is 2. The molecule has 41 heavy (non-hydrogen) atoms. The summed E-state index contributed by atoms with van der Waals surface area (Å²) in [7, 11) is 1.57. The molecule has 2 aromatic carbocycles. The number of benzene rings is 2. The van der Waals surface area contributed by atoms with Gasteiger partial charge in [0.05, 0.1) is 18.0 Å². The highest BCUT2D eigenvalue weighted by atomic mass is 16.6. The number of ether oxygens (including phenoxy) is 4. The van der Waals surface area contributed by atoms with Crippen LogP contribution in [0.3, 0.4) is 0 Å². The molecule has 0 aliphatic carbocycles. The summed E-state index contributed by atoms with van der Waals surface area (Å²) in [6.07, 6.45) is 1.34. The second-order valence-electron chi connectivity index (χ2n) is 10.3. The first-order valence-corrected chi connectivity index (χ1v) is 12.9. The monoisotopic (exact) mass is 562 g/mol. The molecule has 0 unspecified atom stereocenters. The number of nitrogens with one attached hydrogen (secondary N) is 3. The molecule has 0 saturated carbocycles. The number of rotatable bonds is 7. The molecule has 1 aliphatic rings.